The van der Waals surface area contributed by atoms with Crippen LogP contribution in [0.15, 0.2) is 28.8 Å². The van der Waals surface area contributed by atoms with Crippen molar-refractivity contribution < 1.29 is 13.7 Å². The van der Waals surface area contributed by atoms with Crippen LogP contribution in [-0.2, 0) is 4.79 Å². The number of nitrogens with one attached hydrogen (secondary N) is 1. The van der Waals surface area contributed by atoms with E-state index in [0.717, 1.165) is 0 Å². The lowest BCUT2D eigenvalue weighted by atomic mass is 10.1. The molecule has 2 heterocycles. The molecule has 25 heavy (non-hydrogen) atoms. The molecule has 0 radical (unpaired) electrons. The third-order valence-electron chi connectivity index (χ3n) is 4.07. The zero-order valence-corrected chi connectivity index (χ0v) is 13.8. The molecule has 0 aliphatic carbocycles. The minimum Gasteiger partial charge on any atom is -0.368 e. The summed E-state index contributed by atoms with van der Waals surface area (Å²) in [6.07, 6.45) is 0. The summed E-state index contributed by atoms with van der Waals surface area (Å²) in [6.45, 7) is 4.54. The number of nitrogens with zero attached hydrogens (tertiary/aromatic N) is 4. The zero-order valence-electron chi connectivity index (χ0n) is 13.8. The van der Waals surface area contributed by atoms with E-state index >= 15 is 0 Å². The number of halogens is 1. The van der Waals surface area contributed by atoms with Gasteiger partial charge in [-0.1, -0.05) is 11.2 Å². The van der Waals surface area contributed by atoms with Gasteiger partial charge < -0.3 is 9.42 Å². The summed E-state index contributed by atoms with van der Waals surface area (Å²) in [7, 11) is 0. The molecule has 0 unspecified atom stereocenters. The fourth-order valence-electron chi connectivity index (χ4n) is 2.84. The molecule has 2 aromatic rings. The van der Waals surface area contributed by atoms with Crippen LogP contribution in [0.3, 0.4) is 0 Å². The average molecular weight is 343 g/mol. The Morgan fingerprint density at radius 1 is 1.40 bits per heavy atom. The Bertz CT molecular complexity index is 806. The molecule has 8 heteroatoms. The quantitative estimate of drug-likeness (QED) is 0.910. The molecular weight excluding hydrogens is 325 g/mol. The molecule has 0 saturated carbocycles. The predicted octanol–water partition coefficient (Wildman–Crippen LogP) is 1.75. The molecule has 1 fully saturated rings. The lowest BCUT2D eigenvalue weighted by Gasteiger charge is -2.36. The highest BCUT2D eigenvalue weighted by Gasteiger charge is 2.22. The van der Waals surface area contributed by atoms with Gasteiger partial charge in [-0.2, -0.15) is 5.26 Å². The van der Waals surface area contributed by atoms with Crippen LogP contribution in [0.4, 0.5) is 16.0 Å². The molecule has 0 bridgehead atoms. The van der Waals surface area contributed by atoms with Crippen molar-refractivity contribution in [3.8, 4) is 6.07 Å². The Morgan fingerprint density at radius 2 is 2.16 bits per heavy atom. The molecule has 1 aliphatic heterocycles. The zero-order chi connectivity index (χ0) is 17.8. The molecule has 1 saturated heterocycles. The first-order chi connectivity index (χ1) is 12.1. The molecular formula is C17H18FN5O2. The highest BCUT2D eigenvalue weighted by atomic mass is 19.1. The Morgan fingerprint density at radius 3 is 2.80 bits per heavy atom. The SMILES string of the molecule is Cc1cc(NC(=O)CN2CCN(c3cccc(F)c3C#N)CC2)on1. The number of piperazine rings is 1. The number of hydrogen-bond acceptors (Lipinski definition) is 6. The van der Waals surface area contributed by atoms with E-state index in [1.54, 1.807) is 25.1 Å². The number of amides is 1. The number of anilines is 2. The van der Waals surface area contributed by atoms with E-state index < -0.39 is 5.82 Å². The van der Waals surface area contributed by atoms with Crippen LogP contribution >= 0.6 is 0 Å². The second-order valence-electron chi connectivity index (χ2n) is 5.89. The summed E-state index contributed by atoms with van der Waals surface area (Å²) in [5, 5.41) is 15.5. The lowest BCUT2D eigenvalue weighted by Crippen LogP contribution is -2.48. The number of benzene rings is 1. The largest absolute Gasteiger partial charge is 0.368 e. The van der Waals surface area contributed by atoms with E-state index in [1.165, 1.54) is 6.07 Å². The first-order valence-electron chi connectivity index (χ1n) is 7.96. The van der Waals surface area contributed by atoms with Gasteiger partial charge in [-0.05, 0) is 19.1 Å². The second-order valence-corrected chi connectivity index (χ2v) is 5.89. The van der Waals surface area contributed by atoms with Gasteiger partial charge in [0.2, 0.25) is 11.8 Å². The Kier molecular flexibility index (Phi) is 4.95. The van der Waals surface area contributed by atoms with Gasteiger partial charge in [-0.25, -0.2) is 4.39 Å². The number of carbonyl (C=O) groups excluding carboxylic acids is 1. The number of aryl methyl sites for hydroxylation is 1. The Balaban J connectivity index is 1.55. The van der Waals surface area contributed by atoms with Gasteiger partial charge in [-0.15, -0.1) is 0 Å². The number of aromatic nitrogens is 1. The monoisotopic (exact) mass is 343 g/mol. The van der Waals surface area contributed by atoms with E-state index in [0.29, 0.717) is 43.4 Å². The maximum Gasteiger partial charge on any atom is 0.240 e. The minimum absolute atomic E-state index is 0.0642. The van der Waals surface area contributed by atoms with E-state index in [1.807, 2.05) is 15.9 Å². The summed E-state index contributed by atoms with van der Waals surface area (Å²) in [5.41, 5.74) is 1.37. The van der Waals surface area contributed by atoms with Crippen molar-refractivity contribution in [1.82, 2.24) is 10.1 Å². The topological polar surface area (TPSA) is 85.4 Å². The Hall–Kier alpha value is -2.92. The molecule has 1 N–H and O–H groups in total. The summed E-state index contributed by atoms with van der Waals surface area (Å²) in [6, 6.07) is 8.21. The predicted molar refractivity (Wildman–Crippen MR) is 89.6 cm³/mol. The molecule has 1 aliphatic rings. The lowest BCUT2D eigenvalue weighted by molar-refractivity contribution is -0.117. The van der Waals surface area contributed by atoms with Crippen molar-refractivity contribution >= 4 is 17.5 Å². The summed E-state index contributed by atoms with van der Waals surface area (Å²) >= 11 is 0. The van der Waals surface area contributed by atoms with Gasteiger partial charge in [0, 0.05) is 32.2 Å². The third kappa shape index (κ3) is 3.95. The number of carbonyl (C=O) groups is 1. The van der Waals surface area contributed by atoms with Crippen molar-refractivity contribution in [2.75, 3.05) is 42.9 Å². The molecule has 1 aromatic carbocycles. The van der Waals surface area contributed by atoms with Crippen molar-refractivity contribution in [2.24, 2.45) is 0 Å². The smallest absolute Gasteiger partial charge is 0.240 e. The van der Waals surface area contributed by atoms with Crippen LogP contribution in [0.2, 0.25) is 0 Å². The Labute approximate surface area is 144 Å². The van der Waals surface area contributed by atoms with Gasteiger partial charge in [-0.3, -0.25) is 15.0 Å². The summed E-state index contributed by atoms with van der Waals surface area (Å²) < 4.78 is 18.7. The third-order valence-corrected chi connectivity index (χ3v) is 4.07. The van der Waals surface area contributed by atoms with Gasteiger partial charge in [0.05, 0.1) is 17.9 Å². The summed E-state index contributed by atoms with van der Waals surface area (Å²) in [4.78, 5) is 16.0. The number of rotatable bonds is 4. The molecule has 3 rings (SSSR count). The van der Waals surface area contributed by atoms with Crippen molar-refractivity contribution in [2.45, 2.75) is 6.92 Å². The fourth-order valence-corrected chi connectivity index (χ4v) is 2.84. The van der Waals surface area contributed by atoms with E-state index in [9.17, 15) is 9.18 Å². The molecule has 7 nitrogen and oxygen atoms in total. The van der Waals surface area contributed by atoms with E-state index in [-0.39, 0.29) is 18.0 Å². The van der Waals surface area contributed by atoms with Crippen LogP contribution in [0.1, 0.15) is 11.3 Å². The van der Waals surface area contributed by atoms with Crippen LogP contribution in [0.25, 0.3) is 0 Å². The fraction of sp³-hybridized carbons (Fsp3) is 0.353. The number of nitriles is 1. The van der Waals surface area contributed by atoms with E-state index in [4.69, 9.17) is 9.78 Å². The van der Waals surface area contributed by atoms with Crippen LogP contribution in [0, 0.1) is 24.1 Å². The van der Waals surface area contributed by atoms with Crippen molar-refractivity contribution in [3.05, 3.63) is 41.3 Å². The first-order valence-corrected chi connectivity index (χ1v) is 7.96. The maximum absolute atomic E-state index is 13.7. The van der Waals surface area contributed by atoms with Crippen molar-refractivity contribution in [3.63, 3.8) is 0 Å². The molecule has 130 valence electrons. The van der Waals surface area contributed by atoms with Crippen LogP contribution < -0.4 is 10.2 Å². The van der Waals surface area contributed by atoms with Gasteiger partial charge in [0.15, 0.2) is 0 Å². The highest BCUT2D eigenvalue weighted by molar-refractivity contribution is 5.91. The van der Waals surface area contributed by atoms with Crippen molar-refractivity contribution in [1.29, 1.82) is 5.26 Å². The first kappa shape index (κ1) is 16.9. The summed E-state index contributed by atoms with van der Waals surface area (Å²) in [5.74, 6) is -0.350. The number of hydrogen-bond donors (Lipinski definition) is 1. The van der Waals surface area contributed by atoms with Gasteiger partial charge >= 0.3 is 0 Å². The molecule has 0 atom stereocenters. The standard InChI is InChI=1S/C17H18FN5O2/c1-12-9-17(25-21-12)20-16(24)11-22-5-7-23(8-6-22)15-4-2-3-14(18)13(15)10-19/h2-4,9H,5-8,11H2,1H3,(H,20,24). The van der Waals surface area contributed by atoms with Crippen LogP contribution in [-0.4, -0.2) is 48.7 Å². The second kappa shape index (κ2) is 7.32. The minimum atomic E-state index is -0.510. The van der Waals surface area contributed by atoms with E-state index in [2.05, 4.69) is 10.5 Å². The van der Waals surface area contributed by atoms with Gasteiger partial charge in [0.25, 0.3) is 0 Å². The average Bonchev–Trinajstić information content (AvgIpc) is 3.00. The maximum atomic E-state index is 13.7. The normalized spacial score (nSPS) is 15.0. The molecule has 1 amide bonds. The van der Waals surface area contributed by atoms with Gasteiger partial charge in [0.1, 0.15) is 17.4 Å². The molecule has 1 aromatic heterocycles. The molecule has 0 spiro atoms. The highest BCUT2D eigenvalue weighted by Crippen LogP contribution is 2.23. The van der Waals surface area contributed by atoms with Crippen LogP contribution in [0.5, 0.6) is 0 Å².